The Labute approximate surface area is 113 Å². The predicted molar refractivity (Wildman–Crippen MR) is 69.3 cm³/mol. The molecule has 0 aromatic heterocycles. The molecule has 5 nitrogen and oxygen atoms in total. The molecule has 1 N–H and O–H groups in total. The van der Waals surface area contributed by atoms with E-state index in [-0.39, 0.29) is 18.4 Å². The van der Waals surface area contributed by atoms with Crippen molar-refractivity contribution in [1.29, 1.82) is 0 Å². The van der Waals surface area contributed by atoms with Crippen LogP contribution in [0, 0.1) is 5.92 Å². The summed E-state index contributed by atoms with van der Waals surface area (Å²) in [6.07, 6.45) is 1.67. The van der Waals surface area contributed by atoms with Crippen molar-refractivity contribution in [2.75, 3.05) is 6.54 Å². The molecule has 2 aliphatic heterocycles. The Morgan fingerprint density at radius 3 is 2.74 bits per heavy atom. The molecule has 1 amide bonds. The van der Waals surface area contributed by atoms with Gasteiger partial charge in [0.1, 0.15) is 11.2 Å². The second-order valence-corrected chi connectivity index (χ2v) is 6.67. The average molecular weight is 269 g/mol. The fourth-order valence-electron chi connectivity index (χ4n) is 3.08. The largest absolute Gasteiger partial charge is 0.460 e. The maximum absolute atomic E-state index is 12.1. The van der Waals surface area contributed by atoms with Crippen molar-refractivity contribution in [3.05, 3.63) is 0 Å². The number of esters is 1. The van der Waals surface area contributed by atoms with Gasteiger partial charge in [-0.05, 0) is 40.5 Å². The van der Waals surface area contributed by atoms with Crippen LogP contribution in [0.1, 0.15) is 47.0 Å². The van der Waals surface area contributed by atoms with Gasteiger partial charge in [0.15, 0.2) is 0 Å². The molecule has 2 heterocycles. The molecule has 0 aromatic carbocycles. The fourth-order valence-corrected chi connectivity index (χ4v) is 3.08. The minimum absolute atomic E-state index is 0.0259. The molecule has 0 saturated carbocycles. The van der Waals surface area contributed by atoms with Crippen LogP contribution in [0.15, 0.2) is 0 Å². The van der Waals surface area contributed by atoms with Crippen LogP contribution in [-0.2, 0) is 14.3 Å². The maximum Gasteiger partial charge on any atom is 0.312 e. The smallest absolute Gasteiger partial charge is 0.312 e. The van der Waals surface area contributed by atoms with E-state index in [1.807, 2.05) is 0 Å². The van der Waals surface area contributed by atoms with Gasteiger partial charge in [0, 0.05) is 6.54 Å². The third-order valence-corrected chi connectivity index (χ3v) is 4.09. The quantitative estimate of drug-likeness (QED) is 0.762. The first-order valence-corrected chi connectivity index (χ1v) is 6.90. The topological polar surface area (TPSA) is 66.8 Å². The predicted octanol–water partition coefficient (Wildman–Crippen LogP) is 1.09. The van der Waals surface area contributed by atoms with Gasteiger partial charge in [-0.3, -0.25) is 9.59 Å². The van der Waals surface area contributed by atoms with E-state index in [1.54, 1.807) is 32.6 Å². The molecule has 0 aliphatic carbocycles. The lowest BCUT2D eigenvalue weighted by molar-refractivity contribution is -0.170. The molecule has 2 saturated heterocycles. The Hall–Kier alpha value is -1.10. The molecule has 2 fully saturated rings. The van der Waals surface area contributed by atoms with Gasteiger partial charge >= 0.3 is 5.97 Å². The van der Waals surface area contributed by atoms with Gasteiger partial charge in [-0.2, -0.15) is 0 Å². The van der Waals surface area contributed by atoms with E-state index in [4.69, 9.17) is 4.74 Å². The van der Waals surface area contributed by atoms with Crippen LogP contribution in [-0.4, -0.2) is 45.7 Å². The van der Waals surface area contributed by atoms with Crippen molar-refractivity contribution in [1.82, 2.24) is 4.90 Å². The number of fused-ring (bicyclic) bond motifs is 1. The van der Waals surface area contributed by atoms with Crippen molar-refractivity contribution < 1.29 is 19.4 Å². The molecule has 3 atom stereocenters. The normalized spacial score (nSPS) is 32.4. The molecule has 0 bridgehead atoms. The van der Waals surface area contributed by atoms with Crippen LogP contribution in [0.2, 0.25) is 0 Å². The number of amides is 1. The van der Waals surface area contributed by atoms with Gasteiger partial charge in [-0.1, -0.05) is 0 Å². The summed E-state index contributed by atoms with van der Waals surface area (Å²) >= 11 is 0. The molecule has 2 aliphatic rings. The summed E-state index contributed by atoms with van der Waals surface area (Å²) in [5, 5.41) is 10.8. The van der Waals surface area contributed by atoms with E-state index in [2.05, 4.69) is 0 Å². The lowest BCUT2D eigenvalue weighted by atomic mass is 9.81. The zero-order valence-electron chi connectivity index (χ0n) is 12.1. The summed E-state index contributed by atoms with van der Waals surface area (Å²) in [4.78, 5) is 25.7. The highest BCUT2D eigenvalue weighted by molar-refractivity contribution is 5.84. The van der Waals surface area contributed by atoms with Crippen LogP contribution in [0.5, 0.6) is 0 Å². The monoisotopic (exact) mass is 269 g/mol. The molecule has 108 valence electrons. The van der Waals surface area contributed by atoms with Crippen molar-refractivity contribution in [2.24, 2.45) is 5.92 Å². The molecule has 0 spiro atoms. The molecule has 0 aromatic rings. The number of ether oxygens (including phenoxy) is 1. The van der Waals surface area contributed by atoms with Crippen LogP contribution < -0.4 is 0 Å². The lowest BCUT2D eigenvalue weighted by Crippen LogP contribution is -2.50. The van der Waals surface area contributed by atoms with E-state index in [0.29, 0.717) is 6.54 Å². The van der Waals surface area contributed by atoms with Crippen LogP contribution in [0.25, 0.3) is 0 Å². The number of rotatable bonds is 2. The Morgan fingerprint density at radius 1 is 1.53 bits per heavy atom. The van der Waals surface area contributed by atoms with E-state index in [9.17, 15) is 14.7 Å². The SMILES string of the molecule is CC(C(=O)OC(C)(C)C)C1(O)CC(=O)N2CCCC21. The van der Waals surface area contributed by atoms with Crippen molar-refractivity contribution in [3.8, 4) is 0 Å². The van der Waals surface area contributed by atoms with E-state index in [1.165, 1.54) is 0 Å². The summed E-state index contributed by atoms with van der Waals surface area (Å²) in [7, 11) is 0. The Morgan fingerprint density at radius 2 is 2.16 bits per heavy atom. The number of hydrogen-bond donors (Lipinski definition) is 1. The first-order valence-electron chi connectivity index (χ1n) is 6.90. The molecule has 3 unspecified atom stereocenters. The molecular formula is C14H23NO4. The standard InChI is InChI=1S/C14H23NO4/c1-9(12(17)19-13(2,3)4)14(18)8-11(16)15-7-5-6-10(14)15/h9-10,18H,5-8H2,1-4H3. The summed E-state index contributed by atoms with van der Waals surface area (Å²) < 4.78 is 5.33. The van der Waals surface area contributed by atoms with Gasteiger partial charge in [-0.15, -0.1) is 0 Å². The average Bonchev–Trinajstić information content (AvgIpc) is 2.81. The number of nitrogens with zero attached hydrogens (tertiary/aromatic N) is 1. The molecular weight excluding hydrogens is 246 g/mol. The highest BCUT2D eigenvalue weighted by Gasteiger charge is 2.57. The number of hydrogen-bond acceptors (Lipinski definition) is 4. The van der Waals surface area contributed by atoms with Crippen LogP contribution in [0.3, 0.4) is 0 Å². The second kappa shape index (κ2) is 4.47. The summed E-state index contributed by atoms with van der Waals surface area (Å²) in [6, 6.07) is -0.234. The highest BCUT2D eigenvalue weighted by Crippen LogP contribution is 2.42. The van der Waals surface area contributed by atoms with E-state index >= 15 is 0 Å². The third-order valence-electron chi connectivity index (χ3n) is 4.09. The first-order chi connectivity index (χ1) is 8.65. The van der Waals surface area contributed by atoms with Gasteiger partial charge in [0.05, 0.1) is 18.4 Å². The second-order valence-electron chi connectivity index (χ2n) is 6.67. The lowest BCUT2D eigenvalue weighted by Gasteiger charge is -2.34. The molecule has 2 rings (SSSR count). The summed E-state index contributed by atoms with van der Waals surface area (Å²) in [5.41, 5.74) is -1.87. The summed E-state index contributed by atoms with van der Waals surface area (Å²) in [5.74, 6) is -1.18. The van der Waals surface area contributed by atoms with Crippen molar-refractivity contribution in [3.63, 3.8) is 0 Å². The first kappa shape index (κ1) is 14.3. The summed E-state index contributed by atoms with van der Waals surface area (Å²) in [6.45, 7) is 7.73. The number of carbonyl (C=O) groups excluding carboxylic acids is 2. The number of carbonyl (C=O) groups is 2. The minimum Gasteiger partial charge on any atom is -0.460 e. The van der Waals surface area contributed by atoms with Crippen LogP contribution >= 0.6 is 0 Å². The van der Waals surface area contributed by atoms with Gasteiger partial charge in [0.2, 0.25) is 5.91 Å². The highest BCUT2D eigenvalue weighted by atomic mass is 16.6. The molecule has 19 heavy (non-hydrogen) atoms. The van der Waals surface area contributed by atoms with Crippen LogP contribution in [0.4, 0.5) is 0 Å². The Kier molecular flexibility index (Phi) is 3.37. The van der Waals surface area contributed by atoms with Gasteiger partial charge < -0.3 is 14.7 Å². The van der Waals surface area contributed by atoms with Crippen molar-refractivity contribution >= 4 is 11.9 Å². The Balaban J connectivity index is 2.16. The van der Waals surface area contributed by atoms with Crippen molar-refractivity contribution in [2.45, 2.75) is 64.2 Å². The maximum atomic E-state index is 12.1. The van der Waals surface area contributed by atoms with E-state index < -0.39 is 23.1 Å². The van der Waals surface area contributed by atoms with Gasteiger partial charge in [0.25, 0.3) is 0 Å². The third kappa shape index (κ3) is 2.48. The van der Waals surface area contributed by atoms with E-state index in [0.717, 1.165) is 12.8 Å². The zero-order valence-corrected chi connectivity index (χ0v) is 12.1. The molecule has 0 radical (unpaired) electrons. The number of aliphatic hydroxyl groups is 1. The minimum atomic E-state index is -1.28. The Bertz CT molecular complexity index is 401. The molecule has 5 heteroatoms. The zero-order chi connectivity index (χ0) is 14.4. The fraction of sp³-hybridized carbons (Fsp3) is 0.857. The van der Waals surface area contributed by atoms with Gasteiger partial charge in [-0.25, -0.2) is 0 Å².